The second-order valence-electron chi connectivity index (χ2n) is 10.0. The molecule has 0 spiro atoms. The van der Waals surface area contributed by atoms with Gasteiger partial charge in [-0.25, -0.2) is 4.98 Å². The topological polar surface area (TPSA) is 89.0 Å². The van der Waals surface area contributed by atoms with Crippen LogP contribution in [0, 0.1) is 19.8 Å². The predicted octanol–water partition coefficient (Wildman–Crippen LogP) is 7.19. The van der Waals surface area contributed by atoms with E-state index in [-0.39, 0.29) is 5.57 Å². The maximum atomic E-state index is 13.7. The zero-order valence-electron chi connectivity index (χ0n) is 22.5. The first-order valence-electron chi connectivity index (χ1n) is 12.7. The number of benzene rings is 2. The molecule has 39 heavy (non-hydrogen) atoms. The minimum Gasteiger partial charge on any atom is -0.503 e. The Morgan fingerprint density at radius 3 is 2.64 bits per heavy atom. The van der Waals surface area contributed by atoms with Crippen LogP contribution < -0.4 is 14.4 Å². The zero-order valence-corrected chi connectivity index (χ0v) is 24.1. The summed E-state index contributed by atoms with van der Waals surface area (Å²) in [6, 6.07) is 12.0. The number of Topliss-reactive ketones (excluding diaryl/α,β-unsaturated/α-hetero) is 1. The Labute approximate surface area is 235 Å². The summed E-state index contributed by atoms with van der Waals surface area (Å²) in [6.07, 6.45) is 0.891. The highest BCUT2D eigenvalue weighted by Crippen LogP contribution is 2.46. The van der Waals surface area contributed by atoms with Crippen LogP contribution >= 0.6 is 22.7 Å². The van der Waals surface area contributed by atoms with E-state index in [0.717, 1.165) is 27.8 Å². The van der Waals surface area contributed by atoms with Gasteiger partial charge in [0.2, 0.25) is 5.78 Å². The van der Waals surface area contributed by atoms with Crippen molar-refractivity contribution in [1.29, 1.82) is 0 Å². The van der Waals surface area contributed by atoms with Crippen LogP contribution in [0.4, 0.5) is 5.13 Å². The molecule has 0 aliphatic carbocycles. The number of ketones is 1. The Balaban J connectivity index is 1.63. The monoisotopic (exact) mass is 562 g/mol. The van der Waals surface area contributed by atoms with E-state index in [9.17, 15) is 14.7 Å². The standard InChI is InChI=1S/C30H30N2O5S2/c1-16(2)10-11-37-20-9-8-19(15-21(20)36-5)26-24(27(33)22-7-6-12-38-22)28(34)29(35)32(26)30-31-25-18(4)13-17(3)14-23(25)39-30/h6-9,12-16,26,34H,10-11H2,1-5H3. The highest BCUT2D eigenvalue weighted by atomic mass is 32.1. The molecule has 4 aromatic rings. The van der Waals surface area contributed by atoms with Gasteiger partial charge in [0, 0.05) is 0 Å². The molecule has 1 amide bonds. The number of methoxy groups -OCH3 is 1. The van der Waals surface area contributed by atoms with E-state index in [1.54, 1.807) is 42.8 Å². The predicted molar refractivity (Wildman–Crippen MR) is 156 cm³/mol. The Hall–Kier alpha value is -3.69. The number of amides is 1. The van der Waals surface area contributed by atoms with Gasteiger partial charge < -0.3 is 14.6 Å². The molecule has 0 bridgehead atoms. The first kappa shape index (κ1) is 26.9. The van der Waals surface area contributed by atoms with E-state index in [1.807, 2.05) is 26.0 Å². The first-order valence-corrected chi connectivity index (χ1v) is 14.4. The molecule has 0 radical (unpaired) electrons. The van der Waals surface area contributed by atoms with Gasteiger partial charge in [0.15, 0.2) is 22.4 Å². The lowest BCUT2D eigenvalue weighted by Gasteiger charge is -2.25. The molecule has 9 heteroatoms. The van der Waals surface area contributed by atoms with Crippen LogP contribution in [-0.4, -0.2) is 35.5 Å². The number of aromatic nitrogens is 1. The van der Waals surface area contributed by atoms with Crippen molar-refractivity contribution in [3.63, 3.8) is 0 Å². The Morgan fingerprint density at radius 2 is 1.95 bits per heavy atom. The number of hydrogen-bond acceptors (Lipinski definition) is 8. The molecule has 1 aliphatic rings. The number of aryl methyl sites for hydroxylation is 2. The normalized spacial score (nSPS) is 15.6. The number of fused-ring (bicyclic) bond motifs is 1. The number of nitrogens with zero attached hydrogens (tertiary/aromatic N) is 2. The number of ether oxygens (including phenoxy) is 2. The van der Waals surface area contributed by atoms with E-state index in [2.05, 4.69) is 13.8 Å². The molecule has 1 N–H and O–H groups in total. The van der Waals surface area contributed by atoms with Gasteiger partial charge in [-0.3, -0.25) is 14.5 Å². The molecule has 2 aromatic heterocycles. The summed E-state index contributed by atoms with van der Waals surface area (Å²) in [5, 5.41) is 13.3. The molecule has 2 aromatic carbocycles. The molecule has 0 saturated carbocycles. The number of anilines is 1. The second kappa shape index (κ2) is 10.8. The lowest BCUT2D eigenvalue weighted by molar-refractivity contribution is -0.117. The number of hydrogen-bond donors (Lipinski definition) is 1. The van der Waals surface area contributed by atoms with Crippen molar-refractivity contribution < 1.29 is 24.2 Å². The quantitative estimate of drug-likeness (QED) is 0.217. The number of aliphatic hydroxyl groups excluding tert-OH is 1. The number of thiophene rings is 1. The van der Waals surface area contributed by atoms with Crippen LogP contribution in [0.5, 0.6) is 11.5 Å². The maximum absolute atomic E-state index is 13.7. The van der Waals surface area contributed by atoms with Crippen LogP contribution in [0.25, 0.3) is 10.2 Å². The molecule has 1 unspecified atom stereocenters. The van der Waals surface area contributed by atoms with Crippen molar-refractivity contribution in [3.05, 3.63) is 80.7 Å². The fourth-order valence-corrected chi connectivity index (χ4v) is 6.58. The molecule has 0 saturated heterocycles. The van der Waals surface area contributed by atoms with Gasteiger partial charge in [-0.05, 0) is 72.5 Å². The van der Waals surface area contributed by atoms with E-state index in [0.29, 0.717) is 39.6 Å². The summed E-state index contributed by atoms with van der Waals surface area (Å²) in [5.41, 5.74) is 3.49. The molecular formula is C30H30N2O5S2. The molecule has 1 aliphatic heterocycles. The minimum absolute atomic E-state index is 0.0186. The molecule has 5 rings (SSSR count). The Morgan fingerprint density at radius 1 is 1.15 bits per heavy atom. The van der Waals surface area contributed by atoms with Crippen molar-refractivity contribution in [1.82, 2.24) is 4.98 Å². The van der Waals surface area contributed by atoms with Gasteiger partial charge >= 0.3 is 0 Å². The number of carbonyl (C=O) groups is 2. The van der Waals surface area contributed by atoms with Gasteiger partial charge in [-0.15, -0.1) is 11.3 Å². The lowest BCUT2D eigenvalue weighted by Crippen LogP contribution is -2.31. The number of carbonyl (C=O) groups excluding carboxylic acids is 2. The molecule has 7 nitrogen and oxygen atoms in total. The Kier molecular flexibility index (Phi) is 7.46. The van der Waals surface area contributed by atoms with E-state index in [1.165, 1.54) is 27.6 Å². The summed E-state index contributed by atoms with van der Waals surface area (Å²) in [5.74, 6) is -0.0792. The van der Waals surface area contributed by atoms with Crippen LogP contribution in [-0.2, 0) is 4.79 Å². The largest absolute Gasteiger partial charge is 0.503 e. The van der Waals surface area contributed by atoms with Crippen LogP contribution in [0.1, 0.15) is 52.7 Å². The Bertz CT molecular complexity index is 1590. The molecular weight excluding hydrogens is 532 g/mol. The zero-order chi connectivity index (χ0) is 27.8. The first-order chi connectivity index (χ1) is 18.7. The summed E-state index contributed by atoms with van der Waals surface area (Å²) in [4.78, 5) is 33.9. The average Bonchev–Trinajstić information content (AvgIpc) is 3.63. The average molecular weight is 563 g/mol. The molecule has 1 atom stereocenters. The van der Waals surface area contributed by atoms with Gasteiger partial charge in [-0.2, -0.15) is 0 Å². The van der Waals surface area contributed by atoms with Gasteiger partial charge in [0.1, 0.15) is 0 Å². The van der Waals surface area contributed by atoms with Crippen molar-refractivity contribution >= 4 is 49.7 Å². The third-order valence-corrected chi connectivity index (χ3v) is 8.55. The number of thiazole rings is 1. The van der Waals surface area contributed by atoms with Gasteiger partial charge in [0.05, 0.1) is 40.4 Å². The van der Waals surface area contributed by atoms with Crippen molar-refractivity contribution in [2.45, 2.75) is 40.2 Å². The highest BCUT2D eigenvalue weighted by molar-refractivity contribution is 7.22. The SMILES string of the molecule is COc1cc(C2C(C(=O)c3cccs3)=C(O)C(=O)N2c2nc3c(C)cc(C)cc3s2)ccc1OCCC(C)C. The molecule has 3 heterocycles. The van der Waals surface area contributed by atoms with Crippen molar-refractivity contribution in [3.8, 4) is 11.5 Å². The fourth-order valence-electron chi connectivity index (χ4n) is 4.73. The number of aliphatic hydroxyl groups is 1. The number of rotatable bonds is 9. The van der Waals surface area contributed by atoms with Crippen LogP contribution in [0.2, 0.25) is 0 Å². The van der Waals surface area contributed by atoms with Gasteiger partial charge in [-0.1, -0.05) is 43.4 Å². The van der Waals surface area contributed by atoms with E-state index in [4.69, 9.17) is 14.5 Å². The molecule has 0 fully saturated rings. The lowest BCUT2D eigenvalue weighted by atomic mass is 9.95. The minimum atomic E-state index is -0.896. The molecule has 202 valence electrons. The maximum Gasteiger partial charge on any atom is 0.296 e. The van der Waals surface area contributed by atoms with Crippen LogP contribution in [0.15, 0.2) is 59.2 Å². The second-order valence-corrected chi connectivity index (χ2v) is 12.0. The fraction of sp³-hybridized carbons (Fsp3) is 0.300. The van der Waals surface area contributed by atoms with Crippen molar-refractivity contribution in [2.24, 2.45) is 5.92 Å². The third-order valence-electron chi connectivity index (χ3n) is 6.68. The summed E-state index contributed by atoms with van der Waals surface area (Å²) in [7, 11) is 1.55. The summed E-state index contributed by atoms with van der Waals surface area (Å²) in [6.45, 7) is 8.79. The summed E-state index contributed by atoms with van der Waals surface area (Å²) >= 11 is 2.62. The van der Waals surface area contributed by atoms with Gasteiger partial charge in [0.25, 0.3) is 5.91 Å². The third kappa shape index (κ3) is 5.04. The van der Waals surface area contributed by atoms with Crippen LogP contribution in [0.3, 0.4) is 0 Å². The highest BCUT2D eigenvalue weighted by Gasteiger charge is 2.46. The van der Waals surface area contributed by atoms with Crippen molar-refractivity contribution in [2.75, 3.05) is 18.6 Å². The smallest absolute Gasteiger partial charge is 0.296 e. The van der Waals surface area contributed by atoms with E-state index >= 15 is 0 Å². The van der Waals surface area contributed by atoms with E-state index < -0.39 is 23.5 Å². The summed E-state index contributed by atoms with van der Waals surface area (Å²) < 4.78 is 12.5.